The minimum Gasteiger partial charge on any atom is -0.354 e. The molecule has 5 aromatic rings. The Kier molecular flexibility index (Phi) is 3.01. The van der Waals surface area contributed by atoms with Gasteiger partial charge in [0.15, 0.2) is 0 Å². The quantitative estimate of drug-likeness (QED) is 0.317. The van der Waals surface area contributed by atoms with Gasteiger partial charge < -0.3 is 4.98 Å². The van der Waals surface area contributed by atoms with Crippen LogP contribution in [-0.4, -0.2) is 4.98 Å². The minimum absolute atomic E-state index is 0.342. The summed E-state index contributed by atoms with van der Waals surface area (Å²) in [4.78, 5) is 5.20. The predicted octanol–water partition coefficient (Wildman–Crippen LogP) is 7.47. The Bertz CT molecular complexity index is 1400. The minimum atomic E-state index is 0.342. The number of rotatable bonds is 1. The molecule has 0 saturated carbocycles. The number of hydrogen-bond acceptors (Lipinski definition) is 1. The largest absolute Gasteiger partial charge is 0.354 e. The summed E-state index contributed by atoms with van der Waals surface area (Å²) in [7, 11) is 0. The zero-order valence-electron chi connectivity index (χ0n) is 15.3. The van der Waals surface area contributed by atoms with E-state index in [0.717, 1.165) is 0 Å². The molecule has 0 saturated heterocycles. The number of benzene rings is 3. The highest BCUT2D eigenvalue weighted by molar-refractivity contribution is 7.19. The second-order valence-electron chi connectivity index (χ2n) is 7.52. The zero-order valence-corrected chi connectivity index (χ0v) is 16.2. The van der Waals surface area contributed by atoms with Crippen LogP contribution in [0.25, 0.3) is 37.5 Å². The lowest BCUT2D eigenvalue weighted by atomic mass is 9.92. The molecule has 1 unspecified atom stereocenters. The van der Waals surface area contributed by atoms with Crippen LogP contribution in [0.15, 0.2) is 72.3 Å². The maximum atomic E-state index is 3.71. The molecule has 1 aliphatic carbocycles. The topological polar surface area (TPSA) is 15.8 Å². The molecule has 130 valence electrons. The Morgan fingerprint density at radius 3 is 2.41 bits per heavy atom. The monoisotopic (exact) mass is 365 g/mol. The first kappa shape index (κ1) is 15.2. The van der Waals surface area contributed by atoms with Crippen molar-refractivity contribution in [1.29, 1.82) is 0 Å². The molecule has 0 spiro atoms. The van der Waals surface area contributed by atoms with Crippen molar-refractivity contribution >= 4 is 48.8 Å². The summed E-state index contributed by atoms with van der Waals surface area (Å²) in [6.45, 7) is 4.60. The van der Waals surface area contributed by atoms with E-state index in [9.17, 15) is 0 Å². The highest BCUT2D eigenvalue weighted by Crippen LogP contribution is 2.53. The Hall–Kier alpha value is -2.84. The van der Waals surface area contributed by atoms with Gasteiger partial charge in [0, 0.05) is 42.7 Å². The molecule has 3 aromatic carbocycles. The van der Waals surface area contributed by atoms with Crippen LogP contribution in [0.1, 0.15) is 35.8 Å². The average Bonchev–Trinajstić information content (AvgIpc) is 3.32. The lowest BCUT2D eigenvalue weighted by Gasteiger charge is -2.15. The molecule has 0 bridgehead atoms. The average molecular weight is 366 g/mol. The number of para-hydroxylation sites is 2. The van der Waals surface area contributed by atoms with Crippen molar-refractivity contribution in [2.75, 3.05) is 0 Å². The molecule has 0 amide bonds. The fourth-order valence-electron chi connectivity index (χ4n) is 4.78. The van der Waals surface area contributed by atoms with Crippen molar-refractivity contribution in [1.82, 2.24) is 4.98 Å². The van der Waals surface area contributed by atoms with E-state index >= 15 is 0 Å². The van der Waals surface area contributed by atoms with Crippen LogP contribution in [0.2, 0.25) is 0 Å². The first-order valence-electron chi connectivity index (χ1n) is 9.42. The molecule has 1 aliphatic rings. The second-order valence-corrected chi connectivity index (χ2v) is 8.60. The van der Waals surface area contributed by atoms with Gasteiger partial charge in [-0.15, -0.1) is 11.3 Å². The van der Waals surface area contributed by atoms with Crippen LogP contribution in [0, 0.1) is 0 Å². The first-order valence-corrected chi connectivity index (χ1v) is 10.2. The first-order chi connectivity index (χ1) is 13.2. The molecule has 0 radical (unpaired) electrons. The number of allylic oxidation sites excluding steroid dienone is 2. The van der Waals surface area contributed by atoms with E-state index in [2.05, 4.69) is 85.6 Å². The van der Waals surface area contributed by atoms with E-state index in [1.165, 1.54) is 59.0 Å². The molecule has 0 fully saturated rings. The van der Waals surface area contributed by atoms with Gasteiger partial charge in [-0.2, -0.15) is 0 Å². The molecule has 1 atom stereocenters. The standard InChI is InChI=1S/C25H19NS/c1-14-15(2)23(25-22(14)18-9-4-6-13-21(18)27-25)19-11-7-10-17-16-8-3-5-12-20(16)26-24(17)19/h3-13,23,26H,1-2H3. The van der Waals surface area contributed by atoms with Gasteiger partial charge in [-0.3, -0.25) is 0 Å². The molecular weight excluding hydrogens is 346 g/mol. The number of H-pyrrole nitrogens is 1. The smallest absolute Gasteiger partial charge is 0.0507 e. The Balaban J connectivity index is 1.69. The normalized spacial score (nSPS) is 16.7. The molecule has 1 N–H and O–H groups in total. The van der Waals surface area contributed by atoms with Gasteiger partial charge in [-0.1, -0.05) is 60.2 Å². The van der Waals surface area contributed by atoms with Crippen LogP contribution in [0.3, 0.4) is 0 Å². The van der Waals surface area contributed by atoms with Crippen LogP contribution >= 0.6 is 11.3 Å². The predicted molar refractivity (Wildman–Crippen MR) is 118 cm³/mol. The summed E-state index contributed by atoms with van der Waals surface area (Å²) in [5.41, 5.74) is 8.28. The third-order valence-electron chi connectivity index (χ3n) is 6.17. The number of aromatic amines is 1. The van der Waals surface area contributed by atoms with Crippen molar-refractivity contribution < 1.29 is 0 Å². The van der Waals surface area contributed by atoms with Crippen LogP contribution in [0.5, 0.6) is 0 Å². The van der Waals surface area contributed by atoms with Crippen molar-refractivity contribution in [2.45, 2.75) is 19.8 Å². The van der Waals surface area contributed by atoms with Crippen molar-refractivity contribution in [3.63, 3.8) is 0 Å². The maximum Gasteiger partial charge on any atom is 0.0507 e. The fourth-order valence-corrected chi connectivity index (χ4v) is 6.23. The molecule has 0 aliphatic heterocycles. The summed E-state index contributed by atoms with van der Waals surface area (Å²) in [6, 6.07) is 24.2. The van der Waals surface area contributed by atoms with E-state index in [0.29, 0.717) is 5.92 Å². The molecular formula is C25H19NS. The molecule has 1 nitrogen and oxygen atoms in total. The van der Waals surface area contributed by atoms with Gasteiger partial charge in [0.1, 0.15) is 0 Å². The number of aromatic nitrogens is 1. The molecule has 2 heteroatoms. The lowest BCUT2D eigenvalue weighted by molar-refractivity contribution is 1.01. The Labute approximate surface area is 162 Å². The van der Waals surface area contributed by atoms with Crippen LogP contribution in [-0.2, 0) is 0 Å². The van der Waals surface area contributed by atoms with Crippen molar-refractivity contribution in [3.05, 3.63) is 88.3 Å². The van der Waals surface area contributed by atoms with Crippen molar-refractivity contribution in [2.24, 2.45) is 0 Å². The van der Waals surface area contributed by atoms with Gasteiger partial charge in [0.05, 0.1) is 5.52 Å². The summed E-state index contributed by atoms with van der Waals surface area (Å²) in [6.07, 6.45) is 0. The lowest BCUT2D eigenvalue weighted by Crippen LogP contribution is -1.98. The third-order valence-corrected chi connectivity index (χ3v) is 7.40. The SMILES string of the molecule is CC1=C(C)C(c2cccc3c2[nH]c2ccccc23)c2sc3ccccc3c21. The van der Waals surface area contributed by atoms with Gasteiger partial charge >= 0.3 is 0 Å². The van der Waals surface area contributed by atoms with Gasteiger partial charge in [0.25, 0.3) is 0 Å². The summed E-state index contributed by atoms with van der Waals surface area (Å²) in [5.74, 6) is 0.342. The summed E-state index contributed by atoms with van der Waals surface area (Å²) in [5, 5.41) is 4.03. The zero-order chi connectivity index (χ0) is 18.1. The van der Waals surface area contributed by atoms with Crippen molar-refractivity contribution in [3.8, 4) is 0 Å². The molecule has 2 heterocycles. The highest BCUT2D eigenvalue weighted by Gasteiger charge is 2.32. The molecule has 2 aromatic heterocycles. The fraction of sp³-hybridized carbons (Fsp3) is 0.120. The summed E-state index contributed by atoms with van der Waals surface area (Å²) >= 11 is 1.96. The number of nitrogens with one attached hydrogen (secondary N) is 1. The second kappa shape index (κ2) is 5.34. The third kappa shape index (κ3) is 1.94. The Morgan fingerprint density at radius 2 is 1.52 bits per heavy atom. The number of fused-ring (bicyclic) bond motifs is 6. The number of hydrogen-bond donors (Lipinski definition) is 1. The highest BCUT2D eigenvalue weighted by atomic mass is 32.1. The van der Waals surface area contributed by atoms with E-state index in [4.69, 9.17) is 0 Å². The van der Waals surface area contributed by atoms with Crippen LogP contribution in [0.4, 0.5) is 0 Å². The van der Waals surface area contributed by atoms with Gasteiger partial charge in [-0.25, -0.2) is 0 Å². The number of thiophene rings is 1. The van der Waals surface area contributed by atoms with E-state index in [-0.39, 0.29) is 0 Å². The molecule has 27 heavy (non-hydrogen) atoms. The van der Waals surface area contributed by atoms with Crippen LogP contribution < -0.4 is 0 Å². The Morgan fingerprint density at radius 1 is 0.778 bits per heavy atom. The molecule has 6 rings (SSSR count). The van der Waals surface area contributed by atoms with Gasteiger partial charge in [0.2, 0.25) is 0 Å². The van der Waals surface area contributed by atoms with E-state index in [1.807, 2.05) is 11.3 Å². The maximum absolute atomic E-state index is 3.71. The van der Waals surface area contributed by atoms with Gasteiger partial charge in [-0.05, 0) is 37.1 Å². The van der Waals surface area contributed by atoms with E-state index < -0.39 is 0 Å². The van der Waals surface area contributed by atoms with E-state index in [1.54, 1.807) is 0 Å². The summed E-state index contributed by atoms with van der Waals surface area (Å²) < 4.78 is 1.39.